The van der Waals surface area contributed by atoms with Crippen LogP contribution >= 0.6 is 11.6 Å². The minimum absolute atomic E-state index is 0.0222. The van der Waals surface area contributed by atoms with E-state index in [4.69, 9.17) is 22.7 Å². The van der Waals surface area contributed by atoms with Gasteiger partial charge in [-0.2, -0.15) is 54.1 Å². The number of rotatable bonds is 22. The number of carbonyl (C=O) groups excluding carboxylic acids is 1. The van der Waals surface area contributed by atoms with Crippen LogP contribution in [0.5, 0.6) is 0 Å². The Morgan fingerprint density at radius 2 is 1.59 bits per heavy atom. The van der Waals surface area contributed by atoms with Crippen LogP contribution in [0.4, 0.5) is 11.4 Å². The highest BCUT2D eigenvalue weighted by molar-refractivity contribution is 7.91. The number of amidine groups is 1. The number of alkyl halides is 1. The van der Waals surface area contributed by atoms with Crippen molar-refractivity contribution in [3.8, 4) is 0 Å². The predicted octanol–water partition coefficient (Wildman–Crippen LogP) is 6.47. The number of aliphatic imine (C=N–C) groups is 1. The lowest BCUT2D eigenvalue weighted by Crippen LogP contribution is -2.47. The van der Waals surface area contributed by atoms with Gasteiger partial charge in [-0.3, -0.25) is 28.0 Å². The topological polar surface area (TPSA) is 370 Å². The number of carbonyl (C=O) groups is 1. The molecule has 2 aromatic carbocycles. The number of halogens is 1. The van der Waals surface area contributed by atoms with E-state index in [9.17, 15) is 56.7 Å². The molecule has 9 N–H and O–H groups in total. The van der Waals surface area contributed by atoms with Gasteiger partial charge in [0.05, 0.1) is 28.2 Å². The maximum atomic E-state index is 13.0. The number of anilines is 1. The highest BCUT2D eigenvalue weighted by Crippen LogP contribution is 2.36. The summed E-state index contributed by atoms with van der Waals surface area (Å²) in [6.07, 6.45) is 1.51. The van der Waals surface area contributed by atoms with Gasteiger partial charge in [0.15, 0.2) is 11.5 Å². The molecule has 0 saturated carbocycles. The molecule has 0 amide bonds. The van der Waals surface area contributed by atoms with Crippen molar-refractivity contribution in [2.45, 2.75) is 114 Å². The fourth-order valence-corrected chi connectivity index (χ4v) is 10.5. The van der Waals surface area contributed by atoms with Crippen LogP contribution in [-0.2, 0) is 51.7 Å². The molecular weight excluding hydrogens is 990 g/mol. The molecule has 27 heteroatoms. The molecular formula is C41H58ClN9O13S4. The van der Waals surface area contributed by atoms with E-state index in [-0.39, 0.29) is 83.7 Å². The van der Waals surface area contributed by atoms with Crippen LogP contribution in [0.1, 0.15) is 96.9 Å². The molecule has 22 nitrogen and oxygen atoms in total. The van der Waals surface area contributed by atoms with E-state index < -0.39 is 95.5 Å². The van der Waals surface area contributed by atoms with Gasteiger partial charge >= 0.3 is 0 Å². The number of nitrogens with two attached hydrogens (primary N) is 1. The Morgan fingerprint density at radius 1 is 0.956 bits per heavy atom. The third kappa shape index (κ3) is 14.9. The van der Waals surface area contributed by atoms with Gasteiger partial charge in [0.2, 0.25) is 0 Å². The van der Waals surface area contributed by atoms with Crippen molar-refractivity contribution in [3.05, 3.63) is 69.7 Å². The Hall–Kier alpha value is -4.64. The van der Waals surface area contributed by atoms with Gasteiger partial charge in [0.1, 0.15) is 33.4 Å². The van der Waals surface area contributed by atoms with Gasteiger partial charge in [-0.15, -0.1) is 11.6 Å². The summed E-state index contributed by atoms with van der Waals surface area (Å²) in [5.74, 6) is -0.236. The molecule has 0 aliphatic heterocycles. The van der Waals surface area contributed by atoms with Crippen molar-refractivity contribution in [2.75, 3.05) is 17.9 Å². The van der Waals surface area contributed by atoms with Crippen LogP contribution in [0.15, 0.2) is 93.7 Å². The van der Waals surface area contributed by atoms with Crippen molar-refractivity contribution < 1.29 is 56.7 Å². The van der Waals surface area contributed by atoms with Gasteiger partial charge in [0, 0.05) is 23.2 Å². The molecule has 3 atom stereocenters. The standard InChI is InChI=1S/C41H58ClN9O13S4/c1-8-26(19-35(67(59,60)61)38(24(4)5)51-49-31-15-11-13-28-29(39(31)68(62,63)64)14-12-16-33(28)65(53,54)55)30(22-52)37(44)25(6)48-50-32-20-27(17-18-34(32)66(56,57)58)47-36(43)21-45-40(46-23-42)41(7,9-2)10-3/h12,14,16-20,22,24-25,36,39,44,47H,8-11,13,15,21,23,43H2,1-7H3,(H,45,46)(H,53,54,55)(H,56,57,58)(H,59,60,61)(H,62,63,64)/b30-26+,35-19+,44-37?,49-31+,50-48?,51-38+. The first kappa shape index (κ1) is 57.7. The molecule has 1 aliphatic rings. The minimum Gasteiger partial charge on any atom is -0.370 e. The molecule has 0 heterocycles. The highest BCUT2D eigenvalue weighted by Gasteiger charge is 2.37. The maximum Gasteiger partial charge on any atom is 0.296 e. The third-order valence-corrected chi connectivity index (χ3v) is 15.1. The Kier molecular flexibility index (Phi) is 20.2. The Bertz CT molecular complexity index is 2880. The molecule has 2 aromatic rings. The van der Waals surface area contributed by atoms with Crippen molar-refractivity contribution in [1.29, 1.82) is 5.41 Å². The quantitative estimate of drug-likeness (QED) is 0.00509. The Balaban J connectivity index is 2.10. The molecule has 0 bridgehead atoms. The largest absolute Gasteiger partial charge is 0.370 e. The van der Waals surface area contributed by atoms with E-state index in [1.165, 1.54) is 45.9 Å². The molecule has 0 radical (unpaired) electrons. The summed E-state index contributed by atoms with van der Waals surface area (Å²) in [7, 11) is -20.1. The van der Waals surface area contributed by atoms with Gasteiger partial charge < -0.3 is 21.8 Å². The SMILES string of the molecule is CCC(/C=C(\C(=N\N=C1/CCCc2c(cccc2S(=O)(=O)O)C1S(=O)(=O)O)C(C)C)S(=O)(=O)O)=C(/C=O)C(=N)C(C)N=Nc1cc(NC(N)CNC(=NCCl)C(C)(CC)CC)ccc1S(=O)(=O)O. The van der Waals surface area contributed by atoms with Crippen molar-refractivity contribution in [1.82, 2.24) is 5.32 Å². The normalized spacial score (nSPS) is 17.9. The number of azo groups is 1. The molecule has 3 unspecified atom stereocenters. The van der Waals surface area contributed by atoms with Gasteiger partial charge in [-0.05, 0) is 98.4 Å². The van der Waals surface area contributed by atoms with Crippen LogP contribution < -0.4 is 16.4 Å². The lowest BCUT2D eigenvalue weighted by atomic mass is 9.83. The summed E-state index contributed by atoms with van der Waals surface area (Å²) in [5, 5.41) is 29.2. The second-order valence-corrected chi connectivity index (χ2v) is 22.1. The fraction of sp³-hybridized carbons (Fsp3) is 0.488. The predicted molar refractivity (Wildman–Crippen MR) is 261 cm³/mol. The van der Waals surface area contributed by atoms with Gasteiger partial charge in [0.25, 0.3) is 40.5 Å². The lowest BCUT2D eigenvalue weighted by Gasteiger charge is -2.30. The second kappa shape index (κ2) is 23.8. The number of nitrogens with one attached hydrogen (secondary N) is 3. The average Bonchev–Trinajstić information content (AvgIpc) is 3.44. The molecule has 376 valence electrons. The molecule has 0 aromatic heterocycles. The van der Waals surface area contributed by atoms with E-state index >= 15 is 0 Å². The zero-order valence-electron chi connectivity index (χ0n) is 38.4. The van der Waals surface area contributed by atoms with Crippen molar-refractivity contribution in [2.24, 2.45) is 42.5 Å². The summed E-state index contributed by atoms with van der Waals surface area (Å²) in [4.78, 5) is 14.9. The smallest absolute Gasteiger partial charge is 0.296 e. The Morgan fingerprint density at radius 3 is 2.10 bits per heavy atom. The monoisotopic (exact) mass is 1050 g/mol. The first-order valence-electron chi connectivity index (χ1n) is 21.0. The van der Waals surface area contributed by atoms with E-state index in [0.29, 0.717) is 5.84 Å². The molecule has 0 saturated heterocycles. The summed E-state index contributed by atoms with van der Waals surface area (Å²) < 4.78 is 141. The van der Waals surface area contributed by atoms with Crippen LogP contribution in [0.25, 0.3) is 0 Å². The van der Waals surface area contributed by atoms with E-state index in [0.717, 1.165) is 37.1 Å². The second-order valence-electron chi connectivity index (χ2n) is 16.2. The van der Waals surface area contributed by atoms with E-state index in [1.807, 2.05) is 20.8 Å². The first-order valence-corrected chi connectivity index (χ1v) is 27.4. The maximum absolute atomic E-state index is 13.0. The fourth-order valence-electron chi connectivity index (χ4n) is 7.13. The van der Waals surface area contributed by atoms with Gasteiger partial charge in [-0.25, -0.2) is 0 Å². The van der Waals surface area contributed by atoms with Gasteiger partial charge in [-0.1, -0.05) is 53.7 Å². The molecule has 3 rings (SSSR count). The summed E-state index contributed by atoms with van der Waals surface area (Å²) >= 11 is 5.91. The Labute approximate surface area is 402 Å². The number of hydrogen-bond donors (Lipinski definition) is 8. The number of nitrogens with zero attached hydrogens (tertiary/aromatic N) is 5. The van der Waals surface area contributed by atoms with Crippen LogP contribution in [0, 0.1) is 16.7 Å². The summed E-state index contributed by atoms with van der Waals surface area (Å²) in [6.45, 7) is 11.9. The number of benzene rings is 2. The van der Waals surface area contributed by atoms with Crippen LogP contribution in [0.3, 0.4) is 0 Å². The van der Waals surface area contributed by atoms with Crippen molar-refractivity contribution >= 4 is 92.7 Å². The number of hydrogen-bond acceptors (Lipinski definition) is 17. The molecule has 1 aliphatic carbocycles. The number of fused-ring (bicyclic) bond motifs is 1. The zero-order valence-corrected chi connectivity index (χ0v) is 42.4. The number of allylic oxidation sites excluding steroid dienone is 3. The summed E-state index contributed by atoms with van der Waals surface area (Å²) in [5.41, 5.74) is 3.73. The number of aldehydes is 1. The minimum atomic E-state index is -5.25. The molecule has 0 spiro atoms. The van der Waals surface area contributed by atoms with E-state index in [1.54, 1.807) is 0 Å². The molecule has 0 fully saturated rings. The highest BCUT2D eigenvalue weighted by atomic mass is 35.5. The van der Waals surface area contributed by atoms with E-state index in [2.05, 4.69) is 36.1 Å². The lowest BCUT2D eigenvalue weighted by molar-refractivity contribution is -0.104. The van der Waals surface area contributed by atoms with Crippen molar-refractivity contribution in [3.63, 3.8) is 0 Å². The zero-order chi connectivity index (χ0) is 51.6. The first-order chi connectivity index (χ1) is 31.5. The summed E-state index contributed by atoms with van der Waals surface area (Å²) in [6, 6.07) is 5.74. The van der Waals surface area contributed by atoms with Crippen LogP contribution in [-0.4, -0.2) is 106 Å². The molecule has 68 heavy (non-hydrogen) atoms. The van der Waals surface area contributed by atoms with Crippen LogP contribution in [0.2, 0.25) is 0 Å². The average molecular weight is 1050 g/mol. The third-order valence-electron chi connectivity index (χ3n) is 11.2.